The first-order chi connectivity index (χ1) is 30.2. The van der Waals surface area contributed by atoms with E-state index in [2.05, 4.69) is 76.8 Å². The molecule has 0 spiro atoms. The second-order valence-corrected chi connectivity index (χ2v) is 22.2. The fourth-order valence-corrected chi connectivity index (χ4v) is 13.4. The highest BCUT2D eigenvalue weighted by molar-refractivity contribution is 5.25. The van der Waals surface area contributed by atoms with E-state index in [-0.39, 0.29) is 6.10 Å². The molecule has 4 aliphatic carbocycles. The lowest BCUT2D eigenvalue weighted by molar-refractivity contribution is -0.0737. The third kappa shape index (κ3) is 16.7. The number of hydrogen-bond acceptors (Lipinski definition) is 5. The Kier molecular flexibility index (Phi) is 24.3. The maximum absolute atomic E-state index is 6.52. The van der Waals surface area contributed by atoms with Crippen LogP contribution < -0.4 is 0 Å². The van der Waals surface area contributed by atoms with Crippen LogP contribution in [0.2, 0.25) is 0 Å². The minimum atomic E-state index is 0.119. The topological polar surface area (TPSA) is 40.2 Å². The van der Waals surface area contributed by atoms with E-state index >= 15 is 0 Å². The molecule has 1 saturated heterocycles. The minimum Gasteiger partial charge on any atom is -0.379 e. The van der Waals surface area contributed by atoms with Gasteiger partial charge in [0.2, 0.25) is 0 Å². The van der Waals surface area contributed by atoms with Crippen LogP contribution in [0.25, 0.3) is 0 Å². The summed E-state index contributed by atoms with van der Waals surface area (Å²) in [5, 5.41) is 0. The zero-order valence-electron chi connectivity index (χ0n) is 41.8. The van der Waals surface area contributed by atoms with Crippen LogP contribution in [-0.4, -0.2) is 76.4 Å². The molecule has 0 aromatic rings. The Hall–Kier alpha value is -0.980. The lowest BCUT2D eigenvalue weighted by Crippen LogP contribution is -2.51. The highest BCUT2D eigenvalue weighted by atomic mass is 16.6. The van der Waals surface area contributed by atoms with Crippen molar-refractivity contribution in [1.82, 2.24) is 4.90 Å². The lowest BCUT2D eigenvalue weighted by atomic mass is 9.47. The fraction of sp³-hybridized carbons (Fsp3) is 0.895. The Bertz CT molecular complexity index is 1270. The van der Waals surface area contributed by atoms with Crippen molar-refractivity contribution >= 4 is 0 Å². The molecule has 4 fully saturated rings. The quantitative estimate of drug-likeness (QED) is 0.0498. The van der Waals surface area contributed by atoms with Crippen molar-refractivity contribution in [3.63, 3.8) is 0 Å². The normalized spacial score (nSPS) is 30.2. The van der Waals surface area contributed by atoms with Crippen LogP contribution in [0.4, 0.5) is 0 Å². The van der Waals surface area contributed by atoms with E-state index in [4.69, 9.17) is 18.9 Å². The maximum atomic E-state index is 6.52. The van der Waals surface area contributed by atoms with Gasteiger partial charge in [0.25, 0.3) is 0 Å². The molecule has 9 atom stereocenters. The van der Waals surface area contributed by atoms with Gasteiger partial charge in [-0.15, -0.1) is 0 Å². The Balaban J connectivity index is 0.912. The Morgan fingerprint density at radius 2 is 1.45 bits per heavy atom. The van der Waals surface area contributed by atoms with Crippen LogP contribution >= 0.6 is 0 Å². The molecule has 0 radical (unpaired) electrons. The van der Waals surface area contributed by atoms with E-state index in [1.807, 2.05) is 0 Å². The summed E-state index contributed by atoms with van der Waals surface area (Å²) in [4.78, 5) is 2.58. The van der Waals surface area contributed by atoms with Crippen LogP contribution in [0, 0.1) is 46.3 Å². The largest absolute Gasteiger partial charge is 0.379 e. The third-order valence-electron chi connectivity index (χ3n) is 17.1. The number of allylic oxidation sites excluding steroid dienone is 5. The number of nitrogens with zero attached hydrogens (tertiary/aromatic N) is 1. The first-order valence-electron chi connectivity index (χ1n) is 27.3. The summed E-state index contributed by atoms with van der Waals surface area (Å²) in [6, 6.07) is 0. The van der Waals surface area contributed by atoms with E-state index in [0.29, 0.717) is 50.0 Å². The van der Waals surface area contributed by atoms with E-state index in [0.717, 1.165) is 67.9 Å². The molecule has 0 aromatic carbocycles. The third-order valence-corrected chi connectivity index (χ3v) is 17.1. The molecule has 0 bridgehead atoms. The molecular weight excluding hydrogens is 763 g/mol. The predicted octanol–water partition coefficient (Wildman–Crippen LogP) is 15.1. The van der Waals surface area contributed by atoms with Crippen molar-refractivity contribution in [2.24, 2.45) is 46.3 Å². The first-order valence-corrected chi connectivity index (χ1v) is 27.3. The van der Waals surface area contributed by atoms with Crippen molar-refractivity contribution in [2.75, 3.05) is 59.3 Å². The number of unbranched alkanes of at least 4 members (excludes halogenated alkanes) is 9. The molecule has 358 valence electrons. The minimum absolute atomic E-state index is 0.119. The van der Waals surface area contributed by atoms with Crippen LogP contribution in [0.5, 0.6) is 0 Å². The van der Waals surface area contributed by atoms with Gasteiger partial charge < -0.3 is 23.8 Å². The lowest BCUT2D eigenvalue weighted by Gasteiger charge is -2.58. The summed E-state index contributed by atoms with van der Waals surface area (Å²) in [5.41, 5.74) is 2.68. The monoisotopic (exact) mass is 864 g/mol. The van der Waals surface area contributed by atoms with E-state index in [1.165, 1.54) is 161 Å². The van der Waals surface area contributed by atoms with Crippen LogP contribution in [0.1, 0.15) is 208 Å². The molecule has 0 amide bonds. The standard InChI is InChI=1S/C57H101NO4/c1-7-8-9-10-11-12-13-14-15-16-17-18-19-20-21-25-39-60-46-51(45-58-37-23-22-24-38-58)62-43-41-59-40-42-61-50-33-35-56(5)49(44-50)29-30-52-54-32-31-53(48(4)28-26-27-47(2)3)57(54,6)36-34-55(52)56/h11-12,14-15,29,47-48,50-55H,7-10,13,16-28,30-46H2,1-6H3/b12-11-,15-14-/t48-,50+,51+,52?,53-,54?,55?,56+,57-/m1/s1. The second kappa shape index (κ2) is 28.9. The van der Waals surface area contributed by atoms with Crippen LogP contribution in [-0.2, 0) is 18.9 Å². The van der Waals surface area contributed by atoms with Gasteiger partial charge in [-0.05, 0) is 162 Å². The number of rotatable bonds is 32. The highest BCUT2D eigenvalue weighted by Crippen LogP contribution is 2.67. The van der Waals surface area contributed by atoms with Gasteiger partial charge in [-0.1, -0.05) is 142 Å². The molecule has 3 unspecified atom stereocenters. The first kappa shape index (κ1) is 52.0. The number of hydrogen-bond donors (Lipinski definition) is 0. The van der Waals surface area contributed by atoms with Crippen molar-refractivity contribution in [1.29, 1.82) is 0 Å². The smallest absolute Gasteiger partial charge is 0.0936 e. The van der Waals surface area contributed by atoms with Crippen molar-refractivity contribution in [3.05, 3.63) is 36.0 Å². The Labute approximate surface area is 384 Å². The molecule has 5 nitrogen and oxygen atoms in total. The molecule has 3 saturated carbocycles. The van der Waals surface area contributed by atoms with Gasteiger partial charge in [0, 0.05) is 13.2 Å². The van der Waals surface area contributed by atoms with Gasteiger partial charge in [-0.2, -0.15) is 0 Å². The van der Waals surface area contributed by atoms with Gasteiger partial charge >= 0.3 is 0 Å². The van der Waals surface area contributed by atoms with Crippen LogP contribution in [0.3, 0.4) is 0 Å². The summed E-state index contributed by atoms with van der Waals surface area (Å²) in [6.07, 6.45) is 46.9. The van der Waals surface area contributed by atoms with E-state index in [9.17, 15) is 0 Å². The average Bonchev–Trinajstić information content (AvgIpc) is 3.63. The summed E-state index contributed by atoms with van der Waals surface area (Å²) < 4.78 is 25.2. The molecule has 5 heteroatoms. The van der Waals surface area contributed by atoms with Crippen molar-refractivity contribution < 1.29 is 18.9 Å². The van der Waals surface area contributed by atoms with Gasteiger partial charge in [-0.25, -0.2) is 0 Å². The summed E-state index contributed by atoms with van der Waals surface area (Å²) in [7, 11) is 0. The van der Waals surface area contributed by atoms with Gasteiger partial charge in [0.1, 0.15) is 0 Å². The molecule has 62 heavy (non-hydrogen) atoms. The van der Waals surface area contributed by atoms with Crippen molar-refractivity contribution in [2.45, 2.75) is 221 Å². The van der Waals surface area contributed by atoms with Crippen LogP contribution in [0.15, 0.2) is 36.0 Å². The zero-order chi connectivity index (χ0) is 43.9. The molecule has 1 aliphatic heterocycles. The molecule has 0 N–H and O–H groups in total. The number of piperidine rings is 1. The molecule has 5 rings (SSSR count). The van der Waals surface area contributed by atoms with Gasteiger partial charge in [-0.3, -0.25) is 0 Å². The molecule has 1 heterocycles. The molecule has 5 aliphatic rings. The number of fused-ring (bicyclic) bond motifs is 5. The van der Waals surface area contributed by atoms with Gasteiger partial charge in [0.15, 0.2) is 0 Å². The highest BCUT2D eigenvalue weighted by Gasteiger charge is 2.59. The summed E-state index contributed by atoms with van der Waals surface area (Å²) >= 11 is 0. The van der Waals surface area contributed by atoms with E-state index in [1.54, 1.807) is 5.57 Å². The molecule has 0 aromatic heterocycles. The SMILES string of the molecule is CCCCC/C=C\C/C=C\CCCCCCCCOC[C@H](CN1CCCCC1)OCCOCCO[C@H]1CC[C@@]2(C)C(=CCC3C2CC[C@@]2(C)C3CC[C@@H]2[C@H](C)CCCC(C)C)C1. The summed E-state index contributed by atoms with van der Waals surface area (Å²) in [5.74, 6) is 5.37. The zero-order valence-corrected chi connectivity index (χ0v) is 41.8. The predicted molar refractivity (Wildman–Crippen MR) is 264 cm³/mol. The van der Waals surface area contributed by atoms with Crippen molar-refractivity contribution in [3.8, 4) is 0 Å². The molecular formula is C57H101NO4. The summed E-state index contributed by atoms with van der Waals surface area (Å²) in [6.45, 7) is 22.5. The number of likely N-dealkylation sites (tertiary alicyclic amines) is 1. The maximum Gasteiger partial charge on any atom is 0.0936 e. The van der Waals surface area contributed by atoms with Gasteiger partial charge in [0.05, 0.1) is 45.2 Å². The van der Waals surface area contributed by atoms with E-state index < -0.39 is 0 Å². The fourth-order valence-electron chi connectivity index (χ4n) is 13.4. The Morgan fingerprint density at radius 3 is 2.23 bits per heavy atom. The number of ether oxygens (including phenoxy) is 4. The second-order valence-electron chi connectivity index (χ2n) is 22.2. The average molecular weight is 864 g/mol. The Morgan fingerprint density at radius 1 is 0.710 bits per heavy atom.